The van der Waals surface area contributed by atoms with Crippen LogP contribution in [0.4, 0.5) is 4.79 Å². The minimum atomic E-state index is -2.34. The lowest BCUT2D eigenvalue weighted by Gasteiger charge is -2.32. The maximum Gasteiger partial charge on any atom is 0.507 e. The number of aliphatic hydroxyl groups excluding tert-OH is 1. The SMILES string of the molecule is CC(C)CCC(=O)C1(OC(=O)O)C(O)=C(C(=O)CC(C)C)C(=O)C1CCC(C)C. The van der Waals surface area contributed by atoms with E-state index >= 15 is 0 Å². The number of carbonyl (C=O) groups is 4. The molecule has 2 N–H and O–H groups in total. The molecule has 0 bridgehead atoms. The van der Waals surface area contributed by atoms with E-state index in [2.05, 4.69) is 0 Å². The zero-order chi connectivity index (χ0) is 22.5. The first-order valence-electron chi connectivity index (χ1n) is 10.3. The molecule has 1 aliphatic carbocycles. The van der Waals surface area contributed by atoms with Gasteiger partial charge in [0.15, 0.2) is 23.1 Å². The molecule has 0 aromatic carbocycles. The molecule has 1 aliphatic rings. The Morgan fingerprint density at radius 3 is 2.00 bits per heavy atom. The minimum Gasteiger partial charge on any atom is -0.507 e. The Morgan fingerprint density at radius 1 is 1.00 bits per heavy atom. The Kier molecular flexibility index (Phi) is 8.60. The molecule has 0 heterocycles. The Balaban J connectivity index is 3.55. The average molecular weight is 411 g/mol. The molecule has 0 radical (unpaired) electrons. The van der Waals surface area contributed by atoms with Crippen molar-refractivity contribution in [3.63, 3.8) is 0 Å². The number of ketones is 3. The molecule has 0 saturated carbocycles. The summed E-state index contributed by atoms with van der Waals surface area (Å²) in [5.41, 5.74) is -2.82. The first-order valence-corrected chi connectivity index (χ1v) is 10.3. The number of Topliss-reactive ketones (excluding diaryl/α,β-unsaturated/α-hetero) is 3. The molecule has 0 amide bonds. The van der Waals surface area contributed by atoms with Gasteiger partial charge in [-0.1, -0.05) is 48.0 Å². The highest BCUT2D eigenvalue weighted by molar-refractivity contribution is 6.26. The van der Waals surface area contributed by atoms with E-state index in [1.54, 1.807) is 13.8 Å². The number of carbonyl (C=O) groups excluding carboxylic acids is 3. The van der Waals surface area contributed by atoms with Crippen LogP contribution in [-0.4, -0.2) is 39.3 Å². The number of ether oxygens (including phenoxy) is 1. The Labute approximate surface area is 172 Å². The molecule has 0 aromatic heterocycles. The van der Waals surface area contributed by atoms with Crippen molar-refractivity contribution in [3.05, 3.63) is 11.3 Å². The van der Waals surface area contributed by atoms with E-state index < -0.39 is 46.4 Å². The second kappa shape index (κ2) is 10.0. The molecule has 0 aromatic rings. The molecular formula is C22H34O7. The highest BCUT2D eigenvalue weighted by atomic mass is 16.7. The third kappa shape index (κ3) is 5.67. The van der Waals surface area contributed by atoms with Crippen LogP contribution < -0.4 is 0 Å². The van der Waals surface area contributed by atoms with Crippen LogP contribution >= 0.6 is 0 Å². The van der Waals surface area contributed by atoms with Crippen molar-refractivity contribution in [2.75, 3.05) is 0 Å². The summed E-state index contributed by atoms with van der Waals surface area (Å²) in [6.07, 6.45) is -0.735. The van der Waals surface area contributed by atoms with Gasteiger partial charge in [-0.05, 0) is 30.6 Å². The smallest absolute Gasteiger partial charge is 0.507 e. The van der Waals surface area contributed by atoms with Crippen LogP contribution in [0.15, 0.2) is 11.3 Å². The van der Waals surface area contributed by atoms with Crippen LogP contribution in [0.5, 0.6) is 0 Å². The topological polar surface area (TPSA) is 118 Å². The summed E-state index contributed by atoms with van der Waals surface area (Å²) in [4.78, 5) is 50.4. The summed E-state index contributed by atoms with van der Waals surface area (Å²) in [5, 5.41) is 20.2. The van der Waals surface area contributed by atoms with Crippen molar-refractivity contribution in [1.82, 2.24) is 0 Å². The van der Waals surface area contributed by atoms with Gasteiger partial charge in [0.1, 0.15) is 5.57 Å². The first-order chi connectivity index (χ1) is 13.3. The minimum absolute atomic E-state index is 0.00533. The first kappa shape index (κ1) is 24.9. The molecule has 1 rings (SSSR count). The van der Waals surface area contributed by atoms with Crippen LogP contribution in [0.3, 0.4) is 0 Å². The van der Waals surface area contributed by atoms with Crippen LogP contribution in [-0.2, 0) is 19.1 Å². The standard InChI is InChI=1S/C22H34O7/c1-12(2)7-9-15-19(25)18(16(23)11-14(5)6)20(26)22(15,29-21(27)28)17(24)10-8-13(3)4/h12-15,26H,7-11H2,1-6H3,(H,27,28). The highest BCUT2D eigenvalue weighted by Crippen LogP contribution is 2.45. The van der Waals surface area contributed by atoms with Gasteiger partial charge in [-0.25, -0.2) is 4.79 Å². The van der Waals surface area contributed by atoms with Crippen molar-refractivity contribution in [2.24, 2.45) is 23.7 Å². The van der Waals surface area contributed by atoms with E-state index in [1.165, 1.54) is 0 Å². The van der Waals surface area contributed by atoms with Gasteiger partial charge in [-0.2, -0.15) is 0 Å². The molecule has 0 fully saturated rings. The van der Waals surface area contributed by atoms with Gasteiger partial charge in [-0.15, -0.1) is 0 Å². The van der Waals surface area contributed by atoms with Crippen molar-refractivity contribution in [1.29, 1.82) is 0 Å². The predicted octanol–water partition coefficient (Wildman–Crippen LogP) is 4.49. The molecule has 7 heteroatoms. The normalized spacial score (nSPS) is 22.1. The highest BCUT2D eigenvalue weighted by Gasteiger charge is 2.62. The molecule has 0 saturated heterocycles. The van der Waals surface area contributed by atoms with Crippen molar-refractivity contribution >= 4 is 23.5 Å². The van der Waals surface area contributed by atoms with Crippen molar-refractivity contribution in [3.8, 4) is 0 Å². The molecule has 2 unspecified atom stereocenters. The molecule has 7 nitrogen and oxygen atoms in total. The second-order valence-electron chi connectivity index (χ2n) is 9.09. The van der Waals surface area contributed by atoms with Crippen LogP contribution in [0.1, 0.15) is 73.6 Å². The summed E-state index contributed by atoms with van der Waals surface area (Å²) in [7, 11) is 0. The van der Waals surface area contributed by atoms with Gasteiger partial charge in [0.2, 0.25) is 5.60 Å². The number of hydrogen-bond acceptors (Lipinski definition) is 6. The Morgan fingerprint density at radius 2 is 1.55 bits per heavy atom. The zero-order valence-electron chi connectivity index (χ0n) is 18.3. The molecule has 164 valence electrons. The zero-order valence-corrected chi connectivity index (χ0v) is 18.3. The van der Waals surface area contributed by atoms with Crippen LogP contribution in [0, 0.1) is 23.7 Å². The monoisotopic (exact) mass is 410 g/mol. The molecule has 29 heavy (non-hydrogen) atoms. The lowest BCUT2D eigenvalue weighted by atomic mass is 9.78. The quantitative estimate of drug-likeness (QED) is 0.380. The van der Waals surface area contributed by atoms with E-state index in [4.69, 9.17) is 4.74 Å². The molecule has 0 spiro atoms. The van der Waals surface area contributed by atoms with Gasteiger partial charge in [-0.3, -0.25) is 14.4 Å². The second-order valence-corrected chi connectivity index (χ2v) is 9.09. The summed E-state index contributed by atoms with van der Waals surface area (Å²) >= 11 is 0. The van der Waals surface area contributed by atoms with Gasteiger partial charge < -0.3 is 14.9 Å². The van der Waals surface area contributed by atoms with E-state index in [-0.39, 0.29) is 37.0 Å². The van der Waals surface area contributed by atoms with E-state index in [0.717, 1.165) is 0 Å². The van der Waals surface area contributed by atoms with E-state index in [0.29, 0.717) is 12.8 Å². The van der Waals surface area contributed by atoms with Crippen molar-refractivity contribution < 1.29 is 34.1 Å². The average Bonchev–Trinajstić information content (AvgIpc) is 2.77. The van der Waals surface area contributed by atoms with E-state index in [1.807, 2.05) is 27.7 Å². The summed E-state index contributed by atoms with van der Waals surface area (Å²) in [6, 6.07) is 0. The lowest BCUT2D eigenvalue weighted by molar-refractivity contribution is -0.148. The Bertz CT molecular complexity index is 687. The third-order valence-electron chi connectivity index (χ3n) is 5.16. The van der Waals surface area contributed by atoms with Gasteiger partial charge in [0, 0.05) is 12.8 Å². The number of rotatable bonds is 11. The van der Waals surface area contributed by atoms with E-state index in [9.17, 15) is 29.4 Å². The fraction of sp³-hybridized carbons (Fsp3) is 0.727. The van der Waals surface area contributed by atoms with Gasteiger partial charge in [0.25, 0.3) is 0 Å². The summed E-state index contributed by atoms with van der Waals surface area (Å²) in [6.45, 7) is 11.2. The van der Waals surface area contributed by atoms with Gasteiger partial charge in [0.05, 0.1) is 5.92 Å². The largest absolute Gasteiger partial charge is 0.507 e. The number of carboxylic acid groups (broad SMARTS) is 1. The molecular weight excluding hydrogens is 376 g/mol. The molecule has 0 aliphatic heterocycles. The Hall–Kier alpha value is -2.18. The van der Waals surface area contributed by atoms with Gasteiger partial charge >= 0.3 is 6.16 Å². The molecule has 2 atom stereocenters. The maximum absolute atomic E-state index is 13.2. The lowest BCUT2D eigenvalue weighted by Crippen LogP contribution is -2.50. The van der Waals surface area contributed by atoms with Crippen molar-refractivity contribution in [2.45, 2.75) is 79.2 Å². The fourth-order valence-corrected chi connectivity index (χ4v) is 3.65. The van der Waals surface area contributed by atoms with Crippen LogP contribution in [0.2, 0.25) is 0 Å². The fourth-order valence-electron chi connectivity index (χ4n) is 3.65. The maximum atomic E-state index is 13.2. The predicted molar refractivity (Wildman–Crippen MR) is 108 cm³/mol. The summed E-state index contributed by atoms with van der Waals surface area (Å²) < 4.78 is 4.99. The number of hydrogen-bond donors (Lipinski definition) is 2. The van der Waals surface area contributed by atoms with Crippen LogP contribution in [0.25, 0.3) is 0 Å². The third-order valence-corrected chi connectivity index (χ3v) is 5.16. The number of allylic oxidation sites excluding steroid dienone is 1. The summed E-state index contributed by atoms with van der Waals surface area (Å²) in [5.74, 6) is -3.78. The number of aliphatic hydroxyl groups is 1.